The second kappa shape index (κ2) is 18.7. The van der Waals surface area contributed by atoms with Crippen molar-refractivity contribution in [1.29, 1.82) is 0 Å². The number of rotatable bonds is 18. The molecular formula is C44H44N3O7PS2. The topological polar surface area (TPSA) is 140 Å². The summed E-state index contributed by atoms with van der Waals surface area (Å²) in [6, 6.07) is 40.5. The zero-order valence-electron chi connectivity index (χ0n) is 31.4. The number of amides is 1. The first-order valence-electron chi connectivity index (χ1n) is 18.8. The van der Waals surface area contributed by atoms with Gasteiger partial charge in [0.25, 0.3) is 0 Å². The smallest absolute Gasteiger partial charge is 0.502 e. The van der Waals surface area contributed by atoms with Crippen molar-refractivity contribution in [1.82, 2.24) is 10.3 Å². The Labute approximate surface area is 340 Å². The fraction of sp³-hybridized carbons (Fsp3) is 0.227. The third-order valence-corrected chi connectivity index (χ3v) is 17.2. The number of phenolic OH excluding ortho intramolecular Hbond substituents is 1. The van der Waals surface area contributed by atoms with Crippen molar-refractivity contribution >= 4 is 73.4 Å². The van der Waals surface area contributed by atoms with Gasteiger partial charge in [0, 0.05) is 17.9 Å². The number of ether oxygens (including phenoxy) is 3. The maximum absolute atomic E-state index is 12.8. The second-order valence-electron chi connectivity index (χ2n) is 13.6. The Bertz CT molecular complexity index is 2250. The Morgan fingerprint density at radius 1 is 0.807 bits per heavy atom. The van der Waals surface area contributed by atoms with Crippen molar-refractivity contribution in [3.63, 3.8) is 0 Å². The number of fused-ring (bicyclic) bond motifs is 1. The Kier molecular flexibility index (Phi) is 13.0. The quantitative estimate of drug-likeness (QED) is 0.0593. The molecule has 10 nitrogen and oxygen atoms in total. The van der Waals surface area contributed by atoms with Crippen LogP contribution in [-0.2, 0) is 9.59 Å². The number of thiazole rings is 1. The summed E-state index contributed by atoms with van der Waals surface area (Å²) in [6.07, 6.45) is 5.03. The number of thioether (sulfide) groups is 1. The molecule has 1 atom stereocenters. The molecule has 0 fully saturated rings. The summed E-state index contributed by atoms with van der Waals surface area (Å²) in [5, 5.41) is 28.5. The summed E-state index contributed by atoms with van der Waals surface area (Å²) in [5.74, 6) is -0.0806. The van der Waals surface area contributed by atoms with E-state index < -0.39 is 19.3 Å². The molecule has 57 heavy (non-hydrogen) atoms. The molecule has 0 spiro atoms. The van der Waals surface area contributed by atoms with Crippen LogP contribution in [-0.4, -0.2) is 70.3 Å². The fourth-order valence-corrected chi connectivity index (χ4v) is 14.1. The zero-order chi connectivity index (χ0) is 39.6. The Hall–Kier alpha value is -5.42. The fourth-order valence-electron chi connectivity index (χ4n) is 7.09. The number of methoxy groups -OCH3 is 1. The average Bonchev–Trinajstić information content (AvgIpc) is 3.91. The average molecular weight is 822 g/mol. The number of benzene rings is 5. The van der Waals surface area contributed by atoms with Crippen LogP contribution in [0.5, 0.6) is 28.7 Å². The van der Waals surface area contributed by atoms with Crippen LogP contribution in [0.3, 0.4) is 0 Å². The Balaban J connectivity index is 0.913. The first-order chi connectivity index (χ1) is 27.8. The summed E-state index contributed by atoms with van der Waals surface area (Å²) in [6.45, 7) is 0.229. The van der Waals surface area contributed by atoms with E-state index in [1.807, 2.05) is 12.1 Å². The molecule has 1 aliphatic rings. The number of carbonyl (C=O) groups is 2. The number of unbranched alkanes of at least 4 members (excludes halogenated alkanes) is 3. The number of nitrogens with zero attached hydrogens (tertiary/aromatic N) is 2. The maximum atomic E-state index is 12.8. The number of carboxylic acids is 1. The van der Waals surface area contributed by atoms with Crippen LogP contribution in [0.2, 0.25) is 0 Å². The van der Waals surface area contributed by atoms with Crippen molar-refractivity contribution in [3.8, 4) is 28.7 Å². The summed E-state index contributed by atoms with van der Waals surface area (Å²) in [4.78, 5) is 33.0. The standard InChI is InChI=1S/C44H44N3O7PS2/c1-52-37-25-31(54-30-21-22-35-39(27-30)57-43(46-35)42-47-36(29-56-42)44(50)51)26-38(41(37)49)53-28-40(48)45-23-13-2-3-14-24-55(32-15-7-4-8-16-32,33-17-9-5-10-18-33)34-19-11-6-12-20-34/h4-12,15-22,25-27,36,49,55H,2-3,13-14,23-24,28-29H2,1H3,(H,45,48)(H,50,51)/t36-/m1/s1. The van der Waals surface area contributed by atoms with E-state index in [0.717, 1.165) is 42.1 Å². The van der Waals surface area contributed by atoms with Gasteiger partial charge < -0.3 is 19.7 Å². The summed E-state index contributed by atoms with van der Waals surface area (Å²) >= 11 is 2.78. The number of hydrogen-bond donors (Lipinski definition) is 3. The van der Waals surface area contributed by atoms with Gasteiger partial charge >= 0.3 is 203 Å². The van der Waals surface area contributed by atoms with E-state index in [1.54, 1.807) is 6.07 Å². The predicted molar refractivity (Wildman–Crippen MR) is 233 cm³/mol. The third-order valence-electron chi connectivity index (χ3n) is 9.91. The molecule has 0 saturated carbocycles. The normalized spacial score (nSPS) is 14.2. The SMILES string of the molecule is COc1cc(Oc2ccc3nc(C4=N[C@@H](C(=O)O)CS4)sc3c2)cc(OCC(=O)NCCCCCC[PH](c2ccccc2)(c2ccccc2)c2ccccc2)c1O. The minimum absolute atomic E-state index is 0.0489. The number of aliphatic carboxylic acids is 1. The summed E-state index contributed by atoms with van der Waals surface area (Å²) in [7, 11) is -0.835. The molecule has 2 heterocycles. The zero-order valence-corrected chi connectivity index (χ0v) is 34.1. The van der Waals surface area contributed by atoms with Gasteiger partial charge in [0.05, 0.1) is 17.3 Å². The summed E-state index contributed by atoms with van der Waals surface area (Å²) < 4.78 is 18.1. The van der Waals surface area contributed by atoms with E-state index in [0.29, 0.717) is 33.8 Å². The van der Waals surface area contributed by atoms with Gasteiger partial charge in [-0.05, 0) is 12.1 Å². The van der Waals surface area contributed by atoms with Gasteiger partial charge in [0.1, 0.15) is 21.6 Å². The number of carbonyl (C=O) groups excluding carboxylic acids is 1. The van der Waals surface area contributed by atoms with Crippen LogP contribution in [0, 0.1) is 0 Å². The summed E-state index contributed by atoms with van der Waals surface area (Å²) in [5.41, 5.74) is 0.737. The Morgan fingerprint density at radius 2 is 1.44 bits per heavy atom. The number of nitrogens with one attached hydrogen (secondary N) is 1. The minimum atomic E-state index is -2.26. The molecule has 0 radical (unpaired) electrons. The minimum Gasteiger partial charge on any atom is -0.502 e. The predicted octanol–water partition coefficient (Wildman–Crippen LogP) is 7.53. The number of aromatic nitrogens is 1. The first-order valence-corrected chi connectivity index (χ1v) is 22.8. The van der Waals surface area contributed by atoms with E-state index in [1.165, 1.54) is 58.3 Å². The van der Waals surface area contributed by atoms with Gasteiger partial charge in [0.15, 0.2) is 11.8 Å². The van der Waals surface area contributed by atoms with Crippen LogP contribution in [0.4, 0.5) is 0 Å². The van der Waals surface area contributed by atoms with E-state index in [-0.39, 0.29) is 29.8 Å². The second-order valence-corrected chi connectivity index (χ2v) is 19.7. The molecule has 7 rings (SSSR count). The molecule has 13 heteroatoms. The molecule has 1 aliphatic heterocycles. The molecule has 294 valence electrons. The van der Waals surface area contributed by atoms with Gasteiger partial charge in [-0.2, -0.15) is 0 Å². The number of aromatic hydroxyl groups is 1. The van der Waals surface area contributed by atoms with Crippen LogP contribution in [0.15, 0.2) is 126 Å². The number of hydrogen-bond acceptors (Lipinski definition) is 10. The van der Waals surface area contributed by atoms with Crippen LogP contribution >= 0.6 is 30.4 Å². The molecule has 0 aliphatic carbocycles. The molecule has 0 bridgehead atoms. The first kappa shape index (κ1) is 39.8. The van der Waals surface area contributed by atoms with E-state index >= 15 is 0 Å². The van der Waals surface area contributed by atoms with Gasteiger partial charge in [-0.25, -0.2) is 9.78 Å². The van der Waals surface area contributed by atoms with Crippen molar-refractivity contribution in [3.05, 3.63) is 126 Å². The van der Waals surface area contributed by atoms with Crippen LogP contribution < -0.4 is 35.4 Å². The van der Waals surface area contributed by atoms with E-state index in [4.69, 9.17) is 14.2 Å². The van der Waals surface area contributed by atoms with Crippen molar-refractivity contribution < 1.29 is 34.0 Å². The molecule has 3 N–H and O–H groups in total. The molecular weight excluding hydrogens is 778 g/mol. The molecule has 0 unspecified atom stereocenters. The van der Waals surface area contributed by atoms with Crippen LogP contribution in [0.1, 0.15) is 30.7 Å². The molecule has 6 aromatic rings. The van der Waals surface area contributed by atoms with Crippen molar-refractivity contribution in [2.75, 3.05) is 32.2 Å². The van der Waals surface area contributed by atoms with Gasteiger partial charge in [-0.15, -0.1) is 23.1 Å². The monoisotopic (exact) mass is 821 g/mol. The van der Waals surface area contributed by atoms with Crippen molar-refractivity contribution in [2.45, 2.75) is 31.7 Å². The molecule has 0 saturated heterocycles. The van der Waals surface area contributed by atoms with Gasteiger partial charge in [0.2, 0.25) is 0 Å². The molecule has 5 aromatic carbocycles. The van der Waals surface area contributed by atoms with E-state index in [2.05, 4.69) is 106 Å². The van der Waals surface area contributed by atoms with Crippen molar-refractivity contribution in [2.24, 2.45) is 4.99 Å². The number of carboxylic acid groups (broad SMARTS) is 1. The molecule has 1 aromatic heterocycles. The molecule has 1 amide bonds. The number of aliphatic imine (C=N–C) groups is 1. The van der Waals surface area contributed by atoms with Gasteiger partial charge in [-0.3, -0.25) is 4.99 Å². The Morgan fingerprint density at radius 3 is 2.05 bits per heavy atom. The number of phenols is 1. The van der Waals surface area contributed by atoms with Crippen LogP contribution in [0.25, 0.3) is 10.2 Å². The van der Waals surface area contributed by atoms with Gasteiger partial charge in [-0.1, -0.05) is 0 Å². The van der Waals surface area contributed by atoms with E-state index in [9.17, 15) is 19.8 Å². The third kappa shape index (κ3) is 9.42.